The van der Waals surface area contributed by atoms with Crippen molar-refractivity contribution in [1.29, 1.82) is 0 Å². The average molecular weight is 380 g/mol. The molecule has 1 aliphatic heterocycles. The minimum Gasteiger partial charge on any atom is -0.436 e. The van der Waals surface area contributed by atoms with E-state index >= 15 is 0 Å². The predicted molar refractivity (Wildman–Crippen MR) is 104 cm³/mol. The van der Waals surface area contributed by atoms with Crippen LogP contribution in [0.15, 0.2) is 34.7 Å². The molecule has 3 aromatic rings. The van der Waals surface area contributed by atoms with Crippen LogP contribution in [0.1, 0.15) is 45.1 Å². The lowest BCUT2D eigenvalue weighted by atomic mass is 10.0. The summed E-state index contributed by atoms with van der Waals surface area (Å²) in [7, 11) is 0. The van der Waals surface area contributed by atoms with Crippen LogP contribution in [0.2, 0.25) is 0 Å². The lowest BCUT2D eigenvalue weighted by Gasteiger charge is -2.35. The summed E-state index contributed by atoms with van der Waals surface area (Å²) < 4.78 is 13.2. The second kappa shape index (κ2) is 7.24. The van der Waals surface area contributed by atoms with Crippen molar-refractivity contribution in [3.05, 3.63) is 64.6 Å². The van der Waals surface area contributed by atoms with Crippen LogP contribution < -0.4 is 0 Å². The second-order valence-corrected chi connectivity index (χ2v) is 7.07. The van der Waals surface area contributed by atoms with Crippen molar-refractivity contribution in [2.75, 3.05) is 19.8 Å². The van der Waals surface area contributed by atoms with Gasteiger partial charge in [0.2, 0.25) is 5.76 Å². The summed E-state index contributed by atoms with van der Waals surface area (Å²) in [5.41, 5.74) is 4.51. The van der Waals surface area contributed by atoms with Gasteiger partial charge in [0.25, 0.3) is 5.91 Å². The fraction of sp³-hybridized carbons (Fsp3) is 0.381. The predicted octanol–water partition coefficient (Wildman–Crippen LogP) is 3.31. The first kappa shape index (κ1) is 18.4. The minimum absolute atomic E-state index is 0.155. The van der Waals surface area contributed by atoms with Gasteiger partial charge in [-0.05, 0) is 32.9 Å². The number of carbonyl (C=O) groups is 1. The molecule has 0 aliphatic carbocycles. The molecule has 1 aliphatic rings. The van der Waals surface area contributed by atoms with E-state index < -0.39 is 0 Å². The molecule has 1 atom stereocenters. The van der Waals surface area contributed by atoms with Gasteiger partial charge in [-0.3, -0.25) is 4.79 Å². The molecule has 2 aromatic heterocycles. The Hall–Kier alpha value is -2.93. The lowest BCUT2D eigenvalue weighted by molar-refractivity contribution is -0.00469. The van der Waals surface area contributed by atoms with Crippen LogP contribution in [0.3, 0.4) is 0 Å². The number of carbonyl (C=O) groups excluding carboxylic acids is 1. The van der Waals surface area contributed by atoms with Gasteiger partial charge in [-0.2, -0.15) is 5.10 Å². The van der Waals surface area contributed by atoms with Crippen LogP contribution in [-0.2, 0) is 4.74 Å². The Labute approximate surface area is 163 Å². The summed E-state index contributed by atoms with van der Waals surface area (Å²) in [6, 6.07) is 9.77. The van der Waals surface area contributed by atoms with Crippen molar-refractivity contribution in [3.8, 4) is 5.69 Å². The van der Waals surface area contributed by atoms with Gasteiger partial charge in [-0.25, -0.2) is 9.67 Å². The number of ether oxygens (including phenoxy) is 1. The maximum absolute atomic E-state index is 13.2. The van der Waals surface area contributed by atoms with Crippen molar-refractivity contribution >= 4 is 5.91 Å². The molecule has 0 bridgehead atoms. The molecule has 28 heavy (non-hydrogen) atoms. The van der Waals surface area contributed by atoms with Crippen LogP contribution in [0.25, 0.3) is 5.69 Å². The van der Waals surface area contributed by atoms with Crippen molar-refractivity contribution in [2.24, 2.45) is 0 Å². The van der Waals surface area contributed by atoms with E-state index in [0.29, 0.717) is 37.1 Å². The highest BCUT2D eigenvalue weighted by atomic mass is 16.5. The average Bonchev–Trinajstić information content (AvgIpc) is 3.19. The SMILES string of the molecule is Cc1nc(C)c(C(=O)N2CCOCC2c2c(C)nn(-c3ccccc3)c2C)o1. The van der Waals surface area contributed by atoms with E-state index in [1.165, 1.54) is 0 Å². The van der Waals surface area contributed by atoms with Crippen LogP contribution in [0.4, 0.5) is 0 Å². The topological polar surface area (TPSA) is 73.4 Å². The van der Waals surface area contributed by atoms with Crippen LogP contribution in [0.5, 0.6) is 0 Å². The molecule has 1 aromatic carbocycles. The third-order valence-corrected chi connectivity index (χ3v) is 5.17. The molecule has 7 nitrogen and oxygen atoms in total. The first-order valence-electron chi connectivity index (χ1n) is 9.41. The number of morpholine rings is 1. The van der Waals surface area contributed by atoms with E-state index in [9.17, 15) is 4.79 Å². The minimum atomic E-state index is -0.219. The molecule has 146 valence electrons. The zero-order chi connectivity index (χ0) is 19.8. The molecule has 1 unspecified atom stereocenters. The van der Waals surface area contributed by atoms with E-state index in [1.54, 1.807) is 13.8 Å². The normalized spacial score (nSPS) is 17.1. The van der Waals surface area contributed by atoms with Gasteiger partial charge in [-0.15, -0.1) is 0 Å². The monoisotopic (exact) mass is 380 g/mol. The highest BCUT2D eigenvalue weighted by molar-refractivity contribution is 5.93. The van der Waals surface area contributed by atoms with Gasteiger partial charge in [0.05, 0.1) is 36.3 Å². The molecule has 1 fully saturated rings. The van der Waals surface area contributed by atoms with Gasteiger partial charge < -0.3 is 14.1 Å². The number of hydrogen-bond acceptors (Lipinski definition) is 5. The number of hydrogen-bond donors (Lipinski definition) is 0. The Balaban J connectivity index is 1.74. The van der Waals surface area contributed by atoms with Crippen molar-refractivity contribution < 1.29 is 13.9 Å². The number of amides is 1. The lowest BCUT2D eigenvalue weighted by Crippen LogP contribution is -2.44. The molecule has 4 rings (SSSR count). The number of para-hydroxylation sites is 1. The Kier molecular flexibility index (Phi) is 4.77. The summed E-state index contributed by atoms with van der Waals surface area (Å²) in [5.74, 6) is 0.641. The van der Waals surface area contributed by atoms with Crippen molar-refractivity contribution in [3.63, 3.8) is 0 Å². The number of aryl methyl sites for hydroxylation is 3. The molecule has 0 saturated carbocycles. The molecule has 7 heteroatoms. The molecule has 1 amide bonds. The zero-order valence-electron chi connectivity index (χ0n) is 16.6. The third kappa shape index (κ3) is 3.11. The van der Waals surface area contributed by atoms with Gasteiger partial charge in [0, 0.05) is 24.7 Å². The number of benzene rings is 1. The molecule has 1 saturated heterocycles. The Bertz CT molecular complexity index is 1010. The van der Waals surface area contributed by atoms with Crippen molar-refractivity contribution in [2.45, 2.75) is 33.7 Å². The van der Waals surface area contributed by atoms with E-state index in [-0.39, 0.29) is 11.9 Å². The standard InChI is InChI=1S/C21H24N4O3/c1-13-19(15(3)25(23-13)17-8-6-5-7-9-17)18-12-27-11-10-24(18)21(26)20-14(2)22-16(4)28-20/h5-9,18H,10-12H2,1-4H3. The summed E-state index contributed by atoms with van der Waals surface area (Å²) in [6.45, 7) is 8.98. The van der Waals surface area contributed by atoms with Crippen LogP contribution >= 0.6 is 0 Å². The van der Waals surface area contributed by atoms with Crippen molar-refractivity contribution in [1.82, 2.24) is 19.7 Å². The fourth-order valence-electron chi connectivity index (χ4n) is 3.90. The summed E-state index contributed by atoms with van der Waals surface area (Å²) in [6.07, 6.45) is 0. The maximum atomic E-state index is 13.2. The first-order valence-corrected chi connectivity index (χ1v) is 9.41. The zero-order valence-corrected chi connectivity index (χ0v) is 16.6. The van der Waals surface area contributed by atoms with Gasteiger partial charge in [-0.1, -0.05) is 18.2 Å². The van der Waals surface area contributed by atoms with Gasteiger partial charge in [0.15, 0.2) is 5.89 Å². The smallest absolute Gasteiger partial charge is 0.292 e. The Morgan fingerprint density at radius 2 is 1.86 bits per heavy atom. The molecule has 3 heterocycles. The van der Waals surface area contributed by atoms with E-state index in [4.69, 9.17) is 14.3 Å². The first-order chi connectivity index (χ1) is 13.5. The summed E-state index contributed by atoms with van der Waals surface area (Å²) in [5, 5.41) is 4.73. The van der Waals surface area contributed by atoms with Gasteiger partial charge in [0.1, 0.15) is 0 Å². The van der Waals surface area contributed by atoms with Crippen LogP contribution in [-0.4, -0.2) is 45.3 Å². The molecule has 0 spiro atoms. The Morgan fingerprint density at radius 3 is 2.54 bits per heavy atom. The highest BCUT2D eigenvalue weighted by Gasteiger charge is 2.35. The highest BCUT2D eigenvalue weighted by Crippen LogP contribution is 2.32. The quantitative estimate of drug-likeness (QED) is 0.697. The number of nitrogens with zero attached hydrogens (tertiary/aromatic N) is 4. The maximum Gasteiger partial charge on any atom is 0.292 e. The number of oxazole rings is 1. The van der Waals surface area contributed by atoms with E-state index in [1.807, 2.05) is 53.8 Å². The second-order valence-electron chi connectivity index (χ2n) is 7.07. The number of aromatic nitrogens is 3. The molecular weight excluding hydrogens is 356 g/mol. The summed E-state index contributed by atoms with van der Waals surface area (Å²) in [4.78, 5) is 19.3. The third-order valence-electron chi connectivity index (χ3n) is 5.17. The van der Waals surface area contributed by atoms with Gasteiger partial charge >= 0.3 is 0 Å². The number of rotatable bonds is 3. The molecular formula is C21H24N4O3. The molecule has 0 N–H and O–H groups in total. The van der Waals surface area contributed by atoms with E-state index in [2.05, 4.69) is 4.98 Å². The Morgan fingerprint density at radius 1 is 1.11 bits per heavy atom. The molecule has 0 radical (unpaired) electrons. The fourth-order valence-corrected chi connectivity index (χ4v) is 3.90. The van der Waals surface area contributed by atoms with E-state index in [0.717, 1.165) is 22.6 Å². The summed E-state index contributed by atoms with van der Waals surface area (Å²) >= 11 is 0. The van der Waals surface area contributed by atoms with Crippen LogP contribution in [0, 0.1) is 27.7 Å². The largest absolute Gasteiger partial charge is 0.436 e.